The minimum Gasteiger partial charge on any atom is -0.459 e. The largest absolute Gasteiger partial charge is 0.459 e. The average Bonchev–Trinajstić information content (AvgIpc) is 1.65. The fourth-order valence-electron chi connectivity index (χ4n) is 17.2. The third-order valence-corrected chi connectivity index (χ3v) is 22.9. The van der Waals surface area contributed by atoms with Crippen LogP contribution in [0.15, 0.2) is 23.3 Å². The van der Waals surface area contributed by atoms with Crippen LogP contribution in [-0.2, 0) is 76.2 Å². The van der Waals surface area contributed by atoms with Crippen molar-refractivity contribution in [2.24, 2.45) is 39.4 Å². The molecule has 91 heavy (non-hydrogen) atoms. The van der Waals surface area contributed by atoms with E-state index in [4.69, 9.17) is 61.0 Å². The SMILES string of the molecule is COC1C(O)C(CO)OC(OC2C(O)C(CO)OC(OC3C(C)OC(OC4C(OC5CCC6(C)C7CCC8(C)C(C(C)(O)C(CC=C(C)C)OC(C)=O)CCC8(C)C7=CCC6C5(C)C)OCC(OS(=O)(=O)O)C4O)C(OC4OCC(O)C(O)C4O)C3O)C2O)C1O. The van der Waals surface area contributed by atoms with Crippen LogP contribution in [0, 0.1) is 39.4 Å². The maximum atomic E-state index is 12.6. The Labute approximate surface area is 530 Å². The number of fused-ring (bicyclic) bond motifs is 5. The Morgan fingerprint density at radius 1 is 0.681 bits per heavy atom. The molecule has 0 spiro atoms. The van der Waals surface area contributed by atoms with E-state index in [0.717, 1.165) is 31.3 Å². The second kappa shape index (κ2) is 28.0. The van der Waals surface area contributed by atoms with Gasteiger partial charge in [-0.05, 0) is 112 Å². The Bertz CT molecular complexity index is 2660. The van der Waals surface area contributed by atoms with Crippen molar-refractivity contribution in [3.63, 3.8) is 0 Å². The molecule has 5 saturated heterocycles. The first kappa shape index (κ1) is 73.2. The monoisotopic (exact) mass is 1330 g/mol. The molecule has 0 aromatic heterocycles. The fraction of sp³-hybridized carbons (Fsp3) is 0.918. The molecule has 8 fully saturated rings. The van der Waals surface area contributed by atoms with Gasteiger partial charge in [0, 0.05) is 20.5 Å². The molecule has 30 heteroatoms. The van der Waals surface area contributed by atoms with Crippen molar-refractivity contribution >= 4 is 16.4 Å². The van der Waals surface area contributed by atoms with Gasteiger partial charge >= 0.3 is 16.4 Å². The van der Waals surface area contributed by atoms with Gasteiger partial charge in [-0.25, -0.2) is 4.18 Å². The molecular weight excluding hydrogens is 1230 g/mol. The zero-order chi connectivity index (χ0) is 67.0. The van der Waals surface area contributed by atoms with Crippen molar-refractivity contribution in [3.8, 4) is 0 Å². The Morgan fingerprint density at radius 2 is 1.26 bits per heavy atom. The van der Waals surface area contributed by atoms with E-state index in [1.54, 1.807) is 0 Å². The van der Waals surface area contributed by atoms with Gasteiger partial charge in [0.25, 0.3) is 0 Å². The number of aliphatic hydroxyl groups is 12. The van der Waals surface area contributed by atoms with Crippen molar-refractivity contribution in [2.75, 3.05) is 33.5 Å². The molecule has 32 unspecified atom stereocenters. The van der Waals surface area contributed by atoms with Crippen LogP contribution in [0.3, 0.4) is 0 Å². The van der Waals surface area contributed by atoms with E-state index in [-0.39, 0.29) is 34.0 Å². The van der Waals surface area contributed by atoms with Gasteiger partial charge in [0.1, 0.15) is 115 Å². The highest BCUT2D eigenvalue weighted by Gasteiger charge is 2.69. The number of carbonyl (C=O) groups excluding carboxylic acids is 1. The summed E-state index contributed by atoms with van der Waals surface area (Å²) >= 11 is 0. The highest BCUT2D eigenvalue weighted by Crippen LogP contribution is 2.74. The molecule has 5 aliphatic heterocycles. The molecule has 0 aromatic carbocycles. The molecule has 0 aromatic rings. The van der Waals surface area contributed by atoms with Crippen LogP contribution in [0.5, 0.6) is 0 Å². The first-order valence-electron chi connectivity index (χ1n) is 31.7. The number of esters is 1. The van der Waals surface area contributed by atoms with Crippen LogP contribution in [0.25, 0.3) is 0 Å². The highest BCUT2D eigenvalue weighted by atomic mass is 32.3. The molecular formula is C61H100O29S. The number of rotatable bonds is 20. The van der Waals surface area contributed by atoms with Crippen LogP contribution >= 0.6 is 0 Å². The van der Waals surface area contributed by atoms with Crippen LogP contribution in [-0.4, -0.2) is 273 Å². The van der Waals surface area contributed by atoms with Crippen LogP contribution < -0.4 is 0 Å². The number of ether oxygens (including phenoxy) is 12. The first-order valence-corrected chi connectivity index (χ1v) is 33.1. The normalized spacial score (nSPS) is 48.6. The standard InChI is InChI=1S/C61H100O29S/c1-26(2)12-15-38(82-28(4)64)61(10,74)36-17-21-59(8)30-13-14-35-57(5,6)37(18-19-58(35,7)29(30)16-20-60(36,59)9)85-55-50(42(69)34(25-80-55)90-91(75,76)77)89-56-51(88-52-43(70)39(66)31(65)24-79-52)44(71)47(27(3)81-56)86-54-46(73)49(41(68)33(23-63)84-54)87-53-45(72)48(78-11)40(67)32(22-62)83-53/h12-13,27,29,31-56,62-63,65-74H,14-25H2,1-11H3,(H,75,76,77). The number of carbonyl (C=O) groups is 1. The average molecular weight is 1330 g/mol. The van der Waals surface area contributed by atoms with Crippen LogP contribution in [0.4, 0.5) is 0 Å². The van der Waals surface area contributed by atoms with Crippen molar-refractivity contribution in [1.29, 1.82) is 0 Å². The molecule has 13 N–H and O–H groups in total. The summed E-state index contributed by atoms with van der Waals surface area (Å²) in [5.74, 6) is -0.490. The molecule has 0 amide bonds. The molecule has 5 heterocycles. The van der Waals surface area contributed by atoms with Gasteiger partial charge in [0.2, 0.25) is 0 Å². The molecule has 9 rings (SSSR count). The van der Waals surface area contributed by atoms with Crippen molar-refractivity contribution in [2.45, 2.75) is 280 Å². The zero-order valence-electron chi connectivity index (χ0n) is 53.6. The summed E-state index contributed by atoms with van der Waals surface area (Å²) in [7, 11) is -4.09. The van der Waals surface area contributed by atoms with Gasteiger partial charge < -0.3 is 118 Å². The number of methoxy groups -OCH3 is 1. The Balaban J connectivity index is 0.972. The van der Waals surface area contributed by atoms with Gasteiger partial charge in [-0.2, -0.15) is 8.42 Å². The van der Waals surface area contributed by atoms with Gasteiger partial charge in [-0.3, -0.25) is 9.35 Å². The second-order valence-corrected chi connectivity index (χ2v) is 29.5. The topological polar surface area (TPSA) is 434 Å². The second-order valence-electron chi connectivity index (χ2n) is 28.4. The summed E-state index contributed by atoms with van der Waals surface area (Å²) in [5.41, 5.74) is -0.479. The lowest BCUT2D eigenvalue weighted by molar-refractivity contribution is -0.403. The first-order chi connectivity index (χ1) is 42.5. The summed E-state index contributed by atoms with van der Waals surface area (Å²) in [5, 5.41) is 135. The fourth-order valence-corrected chi connectivity index (χ4v) is 17.7. The van der Waals surface area contributed by atoms with Crippen molar-refractivity contribution in [3.05, 3.63) is 23.3 Å². The van der Waals surface area contributed by atoms with Crippen LogP contribution in [0.2, 0.25) is 0 Å². The number of hydrogen-bond acceptors (Lipinski definition) is 28. The summed E-state index contributed by atoms with van der Waals surface area (Å²) in [6.45, 7) is 16.7. The molecule has 9 aliphatic rings. The smallest absolute Gasteiger partial charge is 0.397 e. The number of hydrogen-bond donors (Lipinski definition) is 13. The van der Waals surface area contributed by atoms with Gasteiger partial charge in [-0.1, -0.05) is 57.9 Å². The van der Waals surface area contributed by atoms with E-state index in [1.807, 2.05) is 26.8 Å². The minimum atomic E-state index is -5.26. The summed E-state index contributed by atoms with van der Waals surface area (Å²) in [4.78, 5) is 12.5. The predicted molar refractivity (Wildman–Crippen MR) is 310 cm³/mol. The molecule has 3 saturated carbocycles. The molecule has 29 nitrogen and oxygen atoms in total. The lowest BCUT2D eigenvalue weighted by atomic mass is 9.40. The van der Waals surface area contributed by atoms with Gasteiger partial charge in [-0.15, -0.1) is 0 Å². The maximum Gasteiger partial charge on any atom is 0.397 e. The third kappa shape index (κ3) is 13.9. The number of aliphatic hydroxyl groups excluding tert-OH is 11. The highest BCUT2D eigenvalue weighted by molar-refractivity contribution is 7.80. The van der Waals surface area contributed by atoms with E-state index >= 15 is 0 Å². The van der Waals surface area contributed by atoms with E-state index in [1.165, 1.54) is 26.5 Å². The van der Waals surface area contributed by atoms with E-state index in [9.17, 15) is 79.0 Å². The Morgan fingerprint density at radius 3 is 1.87 bits per heavy atom. The quantitative estimate of drug-likeness (QED) is 0.0391. The number of allylic oxidation sites excluding steroid dienone is 3. The summed E-state index contributed by atoms with van der Waals surface area (Å²) < 4.78 is 112. The maximum absolute atomic E-state index is 12.6. The van der Waals surface area contributed by atoms with E-state index in [2.05, 4.69) is 40.7 Å². The van der Waals surface area contributed by atoms with Gasteiger partial charge in [0.15, 0.2) is 31.5 Å². The molecule has 0 bridgehead atoms. The van der Waals surface area contributed by atoms with E-state index in [0.29, 0.717) is 25.7 Å². The predicted octanol–water partition coefficient (Wildman–Crippen LogP) is -1.10. The van der Waals surface area contributed by atoms with Crippen molar-refractivity contribution in [1.82, 2.24) is 0 Å². The Kier molecular flexibility index (Phi) is 22.5. The zero-order valence-corrected chi connectivity index (χ0v) is 54.4. The summed E-state index contributed by atoms with van der Waals surface area (Å²) in [6.07, 6.45) is -32.2. The molecule has 524 valence electrons. The molecule has 32 atom stereocenters. The minimum absolute atomic E-state index is 0.00266. The van der Waals surface area contributed by atoms with E-state index < -0.39 is 207 Å². The summed E-state index contributed by atoms with van der Waals surface area (Å²) in [6, 6.07) is 0. The van der Waals surface area contributed by atoms with Crippen LogP contribution in [0.1, 0.15) is 121 Å². The lowest BCUT2D eigenvalue weighted by Crippen LogP contribution is -2.68. The Hall–Kier alpha value is -2.10. The van der Waals surface area contributed by atoms with Crippen molar-refractivity contribution < 1.29 is 140 Å². The lowest BCUT2D eigenvalue weighted by Gasteiger charge is -2.65. The third-order valence-electron chi connectivity index (χ3n) is 22.4. The van der Waals surface area contributed by atoms with Gasteiger partial charge in [0.05, 0.1) is 38.6 Å². The molecule has 4 aliphatic carbocycles. The molecule has 0 radical (unpaired) electrons.